The zero-order chi connectivity index (χ0) is 10.5. The Morgan fingerprint density at radius 1 is 1.33 bits per heavy atom. The van der Waals surface area contributed by atoms with Gasteiger partial charge in [0.25, 0.3) is 0 Å². The van der Waals surface area contributed by atoms with E-state index in [1.807, 2.05) is 7.11 Å². The van der Waals surface area contributed by atoms with Gasteiger partial charge in [0.05, 0.1) is 6.61 Å². The van der Waals surface area contributed by atoms with Gasteiger partial charge in [-0.2, -0.15) is 0 Å². The topological polar surface area (TPSA) is 24.5 Å². The van der Waals surface area contributed by atoms with Gasteiger partial charge >= 0.3 is 0 Å². The number of likely N-dealkylation sites (tertiary alicyclic amines) is 1. The van der Waals surface area contributed by atoms with Crippen molar-refractivity contribution >= 4 is 0 Å². The number of rotatable bonds is 6. The van der Waals surface area contributed by atoms with Crippen molar-refractivity contribution in [2.45, 2.75) is 31.7 Å². The maximum atomic E-state index is 5.24. The van der Waals surface area contributed by atoms with Crippen LogP contribution in [0, 0.1) is 5.92 Å². The van der Waals surface area contributed by atoms with E-state index in [1.54, 1.807) is 0 Å². The van der Waals surface area contributed by atoms with Crippen LogP contribution in [-0.2, 0) is 4.74 Å². The third kappa shape index (κ3) is 4.09. The molecule has 2 aliphatic rings. The maximum Gasteiger partial charge on any atom is 0.0502 e. The molecule has 88 valence electrons. The van der Waals surface area contributed by atoms with Gasteiger partial charge in [-0.1, -0.05) is 0 Å². The number of methoxy groups -OCH3 is 1. The van der Waals surface area contributed by atoms with Gasteiger partial charge in [0.15, 0.2) is 0 Å². The number of hydrogen-bond acceptors (Lipinski definition) is 3. The molecule has 0 radical (unpaired) electrons. The number of piperidine rings is 1. The third-order valence-electron chi connectivity index (χ3n) is 3.44. The molecule has 2 rings (SSSR count). The number of hydrogen-bond donors (Lipinski definition) is 1. The maximum absolute atomic E-state index is 5.24. The molecule has 0 aromatic heterocycles. The Morgan fingerprint density at radius 2 is 2.20 bits per heavy atom. The average molecular weight is 212 g/mol. The van der Waals surface area contributed by atoms with Crippen LogP contribution in [0.25, 0.3) is 0 Å². The van der Waals surface area contributed by atoms with Gasteiger partial charge in [-0.3, -0.25) is 0 Å². The zero-order valence-electron chi connectivity index (χ0n) is 9.87. The Balaban J connectivity index is 1.58. The fourth-order valence-electron chi connectivity index (χ4n) is 2.44. The summed E-state index contributed by atoms with van der Waals surface area (Å²) in [4.78, 5) is 2.59. The first-order valence-corrected chi connectivity index (χ1v) is 6.33. The highest BCUT2D eigenvalue weighted by atomic mass is 16.5. The molecule has 0 bridgehead atoms. The molecule has 15 heavy (non-hydrogen) atoms. The molecule has 3 heteroatoms. The smallest absolute Gasteiger partial charge is 0.0502 e. The van der Waals surface area contributed by atoms with Crippen molar-refractivity contribution in [2.24, 2.45) is 5.92 Å². The second-order valence-corrected chi connectivity index (χ2v) is 4.99. The van der Waals surface area contributed by atoms with Crippen LogP contribution in [0.5, 0.6) is 0 Å². The first-order chi connectivity index (χ1) is 7.38. The summed E-state index contributed by atoms with van der Waals surface area (Å²) < 4.78 is 5.24. The van der Waals surface area contributed by atoms with Crippen molar-refractivity contribution in [3.8, 4) is 0 Å². The van der Waals surface area contributed by atoms with Crippen LogP contribution in [0.1, 0.15) is 25.7 Å². The van der Waals surface area contributed by atoms with Crippen molar-refractivity contribution in [2.75, 3.05) is 39.9 Å². The number of ether oxygens (including phenoxy) is 1. The summed E-state index contributed by atoms with van der Waals surface area (Å²) in [6, 6.07) is 0.851. The van der Waals surface area contributed by atoms with Gasteiger partial charge in [0.1, 0.15) is 0 Å². The van der Waals surface area contributed by atoms with E-state index < -0.39 is 0 Å². The molecule has 1 N–H and O–H groups in total. The lowest BCUT2D eigenvalue weighted by molar-refractivity contribution is 0.0910. The largest absolute Gasteiger partial charge is 0.384 e. The first kappa shape index (κ1) is 11.4. The van der Waals surface area contributed by atoms with Gasteiger partial charge in [-0.15, -0.1) is 0 Å². The Morgan fingerprint density at radius 3 is 2.93 bits per heavy atom. The molecule has 3 nitrogen and oxygen atoms in total. The molecular formula is C12H24N2O. The standard InChI is InChI=1S/C12H24N2O/c1-15-10-11-3-2-7-14(9-11)8-6-13-12-4-5-12/h11-13H,2-10H2,1H3. The molecular weight excluding hydrogens is 188 g/mol. The van der Waals surface area contributed by atoms with Crippen LogP contribution in [0.4, 0.5) is 0 Å². The summed E-state index contributed by atoms with van der Waals surface area (Å²) in [6.07, 6.45) is 5.48. The molecule has 0 spiro atoms. The van der Waals surface area contributed by atoms with E-state index in [-0.39, 0.29) is 0 Å². The van der Waals surface area contributed by atoms with Crippen molar-refractivity contribution in [3.05, 3.63) is 0 Å². The fourth-order valence-corrected chi connectivity index (χ4v) is 2.44. The minimum absolute atomic E-state index is 0.768. The normalized spacial score (nSPS) is 28.2. The molecule has 1 saturated heterocycles. The van der Waals surface area contributed by atoms with Crippen molar-refractivity contribution < 1.29 is 4.74 Å². The lowest BCUT2D eigenvalue weighted by Gasteiger charge is -2.32. The summed E-state index contributed by atoms with van der Waals surface area (Å²) in [7, 11) is 1.81. The highest BCUT2D eigenvalue weighted by Gasteiger charge is 2.22. The third-order valence-corrected chi connectivity index (χ3v) is 3.44. The van der Waals surface area contributed by atoms with Gasteiger partial charge in [-0.25, -0.2) is 0 Å². The van der Waals surface area contributed by atoms with Crippen molar-refractivity contribution in [3.63, 3.8) is 0 Å². The summed E-state index contributed by atoms with van der Waals surface area (Å²) in [6.45, 7) is 5.85. The van der Waals surface area contributed by atoms with Crippen molar-refractivity contribution in [1.82, 2.24) is 10.2 Å². The molecule has 0 aromatic carbocycles. The van der Waals surface area contributed by atoms with E-state index >= 15 is 0 Å². The second kappa shape index (κ2) is 5.83. The molecule has 2 fully saturated rings. The van der Waals surface area contributed by atoms with Gasteiger partial charge in [0, 0.05) is 32.8 Å². The summed E-state index contributed by atoms with van der Waals surface area (Å²) in [5, 5.41) is 3.58. The van der Waals surface area contributed by atoms with Crippen LogP contribution in [-0.4, -0.2) is 50.8 Å². The highest BCUT2D eigenvalue weighted by molar-refractivity contribution is 4.81. The van der Waals surface area contributed by atoms with Crippen LogP contribution in [0.15, 0.2) is 0 Å². The minimum atomic E-state index is 0.768. The Hall–Kier alpha value is -0.120. The minimum Gasteiger partial charge on any atom is -0.384 e. The molecule has 1 saturated carbocycles. The fraction of sp³-hybridized carbons (Fsp3) is 1.00. The van der Waals surface area contributed by atoms with E-state index in [4.69, 9.17) is 4.74 Å². The Kier molecular flexibility index (Phi) is 4.42. The molecule has 1 aliphatic carbocycles. The van der Waals surface area contributed by atoms with E-state index in [2.05, 4.69) is 10.2 Å². The average Bonchev–Trinajstić information content (AvgIpc) is 3.03. The van der Waals surface area contributed by atoms with Crippen LogP contribution in [0.3, 0.4) is 0 Å². The van der Waals surface area contributed by atoms with Crippen LogP contribution in [0.2, 0.25) is 0 Å². The summed E-state index contributed by atoms with van der Waals surface area (Å²) in [5.74, 6) is 0.768. The highest BCUT2D eigenvalue weighted by Crippen LogP contribution is 2.19. The molecule has 0 amide bonds. The Labute approximate surface area is 93.2 Å². The predicted molar refractivity (Wildman–Crippen MR) is 62.1 cm³/mol. The van der Waals surface area contributed by atoms with E-state index in [0.717, 1.165) is 18.6 Å². The molecule has 1 aliphatic heterocycles. The van der Waals surface area contributed by atoms with Crippen molar-refractivity contribution in [1.29, 1.82) is 0 Å². The van der Waals surface area contributed by atoms with Crippen LogP contribution >= 0.6 is 0 Å². The molecule has 1 unspecified atom stereocenters. The SMILES string of the molecule is COCC1CCCN(CCNC2CC2)C1. The van der Waals surface area contributed by atoms with Crippen LogP contribution < -0.4 is 5.32 Å². The summed E-state index contributed by atoms with van der Waals surface area (Å²) in [5.41, 5.74) is 0. The lowest BCUT2D eigenvalue weighted by atomic mass is 9.99. The van der Waals surface area contributed by atoms with Gasteiger partial charge < -0.3 is 15.0 Å². The lowest BCUT2D eigenvalue weighted by Crippen LogP contribution is -2.41. The van der Waals surface area contributed by atoms with E-state index in [1.165, 1.54) is 51.9 Å². The molecule has 1 heterocycles. The van der Waals surface area contributed by atoms with E-state index in [9.17, 15) is 0 Å². The van der Waals surface area contributed by atoms with Gasteiger partial charge in [-0.05, 0) is 38.1 Å². The molecule has 1 atom stereocenters. The van der Waals surface area contributed by atoms with Gasteiger partial charge in [0.2, 0.25) is 0 Å². The predicted octanol–water partition coefficient (Wildman–Crippen LogP) is 1.10. The Bertz CT molecular complexity index is 180. The monoisotopic (exact) mass is 212 g/mol. The summed E-state index contributed by atoms with van der Waals surface area (Å²) >= 11 is 0. The number of nitrogens with zero attached hydrogens (tertiary/aromatic N) is 1. The number of nitrogens with one attached hydrogen (secondary N) is 1. The second-order valence-electron chi connectivity index (χ2n) is 4.99. The first-order valence-electron chi connectivity index (χ1n) is 6.33. The quantitative estimate of drug-likeness (QED) is 0.713. The molecule has 0 aromatic rings. The zero-order valence-corrected chi connectivity index (χ0v) is 9.87. The van der Waals surface area contributed by atoms with E-state index in [0.29, 0.717) is 0 Å².